The maximum absolute atomic E-state index is 12.5. The predicted molar refractivity (Wildman–Crippen MR) is 98.7 cm³/mol. The van der Waals surface area contributed by atoms with Gasteiger partial charge < -0.3 is 19.9 Å². The Morgan fingerprint density at radius 3 is 2.69 bits per heavy atom. The van der Waals surface area contributed by atoms with Crippen LogP contribution >= 0.6 is 0 Å². The summed E-state index contributed by atoms with van der Waals surface area (Å²) in [7, 11) is 0. The Labute approximate surface area is 153 Å². The summed E-state index contributed by atoms with van der Waals surface area (Å²) >= 11 is 0. The van der Waals surface area contributed by atoms with Crippen molar-refractivity contribution in [3.8, 4) is 11.8 Å². The van der Waals surface area contributed by atoms with Gasteiger partial charge in [-0.3, -0.25) is 4.79 Å². The van der Waals surface area contributed by atoms with Gasteiger partial charge in [0.1, 0.15) is 5.75 Å². The second kappa shape index (κ2) is 9.60. The molecule has 0 fully saturated rings. The Hall–Kier alpha value is -2.83. The zero-order chi connectivity index (χ0) is 18.9. The van der Waals surface area contributed by atoms with Gasteiger partial charge in [0.2, 0.25) is 5.89 Å². The Morgan fingerprint density at radius 2 is 2.08 bits per heavy atom. The van der Waals surface area contributed by atoms with Crippen LogP contribution in [0.25, 0.3) is 0 Å². The fraction of sp³-hybridized carbons (Fsp3) is 0.421. The Balaban J connectivity index is 2.10. The van der Waals surface area contributed by atoms with E-state index in [-0.39, 0.29) is 17.8 Å². The first-order valence-electron chi connectivity index (χ1n) is 8.83. The van der Waals surface area contributed by atoms with Crippen LogP contribution in [0.3, 0.4) is 0 Å². The highest BCUT2D eigenvalue weighted by atomic mass is 16.6. The fourth-order valence-electron chi connectivity index (χ4n) is 2.54. The number of carbonyl (C=O) groups excluding carboxylic acids is 1. The van der Waals surface area contributed by atoms with Gasteiger partial charge in [-0.05, 0) is 37.1 Å². The molecule has 2 rings (SSSR count). The Morgan fingerprint density at radius 1 is 1.35 bits per heavy atom. The van der Waals surface area contributed by atoms with Crippen molar-refractivity contribution in [3.63, 3.8) is 0 Å². The Kier molecular flexibility index (Phi) is 7.20. The molecular weight excluding hydrogens is 332 g/mol. The van der Waals surface area contributed by atoms with Gasteiger partial charge in [0.25, 0.3) is 5.91 Å². The third kappa shape index (κ3) is 5.08. The first-order valence-corrected chi connectivity index (χ1v) is 8.83. The van der Waals surface area contributed by atoms with Gasteiger partial charge in [-0.2, -0.15) is 4.98 Å². The third-order valence-electron chi connectivity index (χ3n) is 4.03. The molecule has 1 amide bonds. The number of para-hydroxylation sites is 1. The van der Waals surface area contributed by atoms with Gasteiger partial charge >= 0.3 is 6.01 Å². The molecule has 2 aromatic rings. The van der Waals surface area contributed by atoms with Crippen molar-refractivity contribution in [1.82, 2.24) is 15.0 Å². The van der Waals surface area contributed by atoms with E-state index >= 15 is 0 Å². The summed E-state index contributed by atoms with van der Waals surface area (Å²) in [5.74, 6) is 0.950. The molecule has 26 heavy (non-hydrogen) atoms. The quantitative estimate of drug-likeness (QED) is 0.690. The van der Waals surface area contributed by atoms with Crippen LogP contribution in [0, 0.1) is 0 Å². The molecule has 0 bridgehead atoms. The van der Waals surface area contributed by atoms with Crippen LogP contribution in [0.2, 0.25) is 0 Å². The molecular formula is C19H26N4O3. The van der Waals surface area contributed by atoms with Gasteiger partial charge in [0.15, 0.2) is 0 Å². The lowest BCUT2D eigenvalue weighted by molar-refractivity contribution is -0.127. The largest absolute Gasteiger partial charge is 0.422 e. The van der Waals surface area contributed by atoms with Gasteiger partial charge in [-0.25, -0.2) is 0 Å². The smallest absolute Gasteiger partial charge is 0.359 e. The van der Waals surface area contributed by atoms with Gasteiger partial charge in [-0.1, -0.05) is 32.0 Å². The number of nitrogens with zero attached hydrogens (tertiary/aromatic N) is 3. The van der Waals surface area contributed by atoms with Crippen molar-refractivity contribution < 1.29 is 14.1 Å². The molecule has 0 aliphatic carbocycles. The number of aromatic nitrogens is 2. The summed E-state index contributed by atoms with van der Waals surface area (Å²) in [5, 5.41) is 3.89. The maximum atomic E-state index is 12.5. The normalized spacial score (nSPS) is 12.7. The summed E-state index contributed by atoms with van der Waals surface area (Å²) in [6.07, 6.45) is 2.95. The Bertz CT molecular complexity index is 727. The molecule has 2 N–H and O–H groups in total. The van der Waals surface area contributed by atoms with Crippen molar-refractivity contribution in [1.29, 1.82) is 0 Å². The molecule has 0 saturated heterocycles. The maximum Gasteiger partial charge on any atom is 0.359 e. The van der Waals surface area contributed by atoms with E-state index < -0.39 is 0 Å². The highest BCUT2D eigenvalue weighted by Gasteiger charge is 2.24. The summed E-state index contributed by atoms with van der Waals surface area (Å²) in [5.41, 5.74) is 6.01. The van der Waals surface area contributed by atoms with Crippen molar-refractivity contribution in [2.45, 2.75) is 39.5 Å². The molecule has 140 valence electrons. The van der Waals surface area contributed by atoms with Gasteiger partial charge in [-0.15, -0.1) is 0 Å². The molecule has 0 unspecified atom stereocenters. The van der Waals surface area contributed by atoms with Crippen molar-refractivity contribution in [2.24, 2.45) is 5.73 Å². The van der Waals surface area contributed by atoms with E-state index in [4.69, 9.17) is 15.0 Å². The minimum atomic E-state index is -0.0759. The van der Waals surface area contributed by atoms with Gasteiger partial charge in [0, 0.05) is 24.9 Å². The second-order valence-electron chi connectivity index (χ2n) is 6.04. The minimum absolute atomic E-state index is 0.0725. The number of carbonyl (C=O) groups is 1. The first kappa shape index (κ1) is 19.5. The van der Waals surface area contributed by atoms with Crippen LogP contribution in [-0.4, -0.2) is 34.0 Å². The van der Waals surface area contributed by atoms with Crippen molar-refractivity contribution in [3.05, 3.63) is 48.0 Å². The molecule has 1 heterocycles. The molecule has 0 aliphatic rings. The number of ether oxygens (including phenoxy) is 1. The molecule has 7 heteroatoms. The lowest BCUT2D eigenvalue weighted by Gasteiger charge is -2.25. The number of benzene rings is 1. The molecule has 1 atom stereocenters. The van der Waals surface area contributed by atoms with E-state index in [2.05, 4.69) is 10.1 Å². The first-order chi connectivity index (χ1) is 12.6. The standard InChI is InChI=1S/C19H26N4O3/c1-4-11-23(18(24)14(3)12-20)13-15(5-2)17-21-19(22-26-17)25-16-9-7-6-8-10-16/h6-10,12,15H,4-5,11,13,20H2,1-3H3/b14-12+/t15-/m0/s1. The average molecular weight is 358 g/mol. The predicted octanol–water partition coefficient (Wildman–Crippen LogP) is 3.46. The second-order valence-corrected chi connectivity index (χ2v) is 6.04. The van der Waals surface area contributed by atoms with Crippen LogP contribution in [0.15, 0.2) is 46.6 Å². The third-order valence-corrected chi connectivity index (χ3v) is 4.03. The van der Waals surface area contributed by atoms with E-state index in [1.54, 1.807) is 11.8 Å². The molecule has 0 spiro atoms. The van der Waals surface area contributed by atoms with Crippen molar-refractivity contribution >= 4 is 5.91 Å². The van der Waals surface area contributed by atoms with E-state index in [1.807, 2.05) is 44.2 Å². The van der Waals surface area contributed by atoms with E-state index in [9.17, 15) is 4.79 Å². The molecule has 0 radical (unpaired) electrons. The SMILES string of the molecule is CCCN(C[C@H](CC)c1nc(Oc2ccccc2)no1)C(=O)/C(C)=C/N. The molecule has 0 saturated carbocycles. The van der Waals surface area contributed by atoms with E-state index in [1.165, 1.54) is 6.20 Å². The molecule has 7 nitrogen and oxygen atoms in total. The highest BCUT2D eigenvalue weighted by Crippen LogP contribution is 2.24. The number of hydrogen-bond acceptors (Lipinski definition) is 6. The van der Waals surface area contributed by atoms with Crippen molar-refractivity contribution in [2.75, 3.05) is 13.1 Å². The van der Waals surface area contributed by atoms with Gasteiger partial charge in [0.05, 0.1) is 5.92 Å². The number of rotatable bonds is 9. The van der Waals surface area contributed by atoms with E-state index in [0.29, 0.717) is 30.3 Å². The summed E-state index contributed by atoms with van der Waals surface area (Å²) in [4.78, 5) is 18.6. The summed E-state index contributed by atoms with van der Waals surface area (Å²) in [6.45, 7) is 6.89. The summed E-state index contributed by atoms with van der Waals surface area (Å²) in [6, 6.07) is 9.43. The van der Waals surface area contributed by atoms with Crippen LogP contribution in [0.4, 0.5) is 0 Å². The lowest BCUT2D eigenvalue weighted by Crippen LogP contribution is -2.36. The van der Waals surface area contributed by atoms with Crippen LogP contribution in [-0.2, 0) is 4.79 Å². The zero-order valence-electron chi connectivity index (χ0n) is 15.5. The van der Waals surface area contributed by atoms with Crippen LogP contribution < -0.4 is 10.5 Å². The minimum Gasteiger partial charge on any atom is -0.422 e. The summed E-state index contributed by atoms with van der Waals surface area (Å²) < 4.78 is 11.0. The molecule has 1 aromatic carbocycles. The number of hydrogen-bond donors (Lipinski definition) is 1. The monoisotopic (exact) mass is 358 g/mol. The molecule has 1 aromatic heterocycles. The number of nitrogens with two attached hydrogens (primary N) is 1. The topological polar surface area (TPSA) is 94.5 Å². The average Bonchev–Trinajstić information content (AvgIpc) is 3.12. The molecule has 0 aliphatic heterocycles. The van der Waals surface area contributed by atoms with E-state index in [0.717, 1.165) is 12.8 Å². The number of amides is 1. The van der Waals surface area contributed by atoms with Crippen LogP contribution in [0.1, 0.15) is 45.4 Å². The van der Waals surface area contributed by atoms with Crippen LogP contribution in [0.5, 0.6) is 11.8 Å². The zero-order valence-corrected chi connectivity index (χ0v) is 15.5. The fourth-order valence-corrected chi connectivity index (χ4v) is 2.54. The lowest BCUT2D eigenvalue weighted by atomic mass is 10.1. The highest BCUT2D eigenvalue weighted by molar-refractivity contribution is 5.92.